The van der Waals surface area contributed by atoms with Gasteiger partial charge in [0.2, 0.25) is 5.28 Å². The molecule has 0 spiro atoms. The summed E-state index contributed by atoms with van der Waals surface area (Å²) in [4.78, 5) is 8.33. The molecule has 4 nitrogen and oxygen atoms in total. The minimum atomic E-state index is 0.248. The molecule has 86 valence electrons. The third-order valence-corrected chi connectivity index (χ3v) is 3.37. The van der Waals surface area contributed by atoms with Gasteiger partial charge < -0.3 is 9.73 Å². The zero-order valence-corrected chi connectivity index (χ0v) is 10.3. The predicted molar refractivity (Wildman–Crippen MR) is 68.5 cm³/mol. The van der Waals surface area contributed by atoms with Crippen molar-refractivity contribution >= 4 is 39.0 Å². The third kappa shape index (κ3) is 2.11. The molecule has 0 atom stereocenters. The van der Waals surface area contributed by atoms with Crippen LogP contribution in [0.15, 0.2) is 34.3 Å². The number of hydrogen-bond donors (Lipinski definition) is 1. The van der Waals surface area contributed by atoms with Crippen LogP contribution in [0.2, 0.25) is 5.28 Å². The van der Waals surface area contributed by atoms with Crippen molar-refractivity contribution in [1.29, 1.82) is 0 Å². The molecule has 0 saturated heterocycles. The van der Waals surface area contributed by atoms with E-state index < -0.39 is 0 Å². The average molecular weight is 266 g/mol. The first-order valence-electron chi connectivity index (χ1n) is 5.00. The molecule has 0 radical (unpaired) electrons. The lowest BCUT2D eigenvalue weighted by Crippen LogP contribution is -2.01. The normalized spacial score (nSPS) is 10.9. The first-order chi connectivity index (χ1) is 8.33. The standard InChI is InChI=1S/C11H8ClN3OS/c12-11-14-8-3-5-17-9(8)10(15-11)13-6-7-2-1-4-16-7/h1-5H,6H2,(H,13,14,15). The van der Waals surface area contributed by atoms with Crippen LogP contribution < -0.4 is 5.32 Å². The number of furan rings is 1. The second-order valence-electron chi connectivity index (χ2n) is 3.41. The summed E-state index contributed by atoms with van der Waals surface area (Å²) in [7, 11) is 0. The quantitative estimate of drug-likeness (QED) is 0.736. The highest BCUT2D eigenvalue weighted by atomic mass is 35.5. The highest BCUT2D eigenvalue weighted by molar-refractivity contribution is 7.17. The Hall–Kier alpha value is -1.59. The van der Waals surface area contributed by atoms with Crippen molar-refractivity contribution in [2.75, 3.05) is 5.32 Å². The topological polar surface area (TPSA) is 51.0 Å². The van der Waals surface area contributed by atoms with E-state index in [2.05, 4.69) is 15.3 Å². The van der Waals surface area contributed by atoms with E-state index in [1.54, 1.807) is 17.6 Å². The lowest BCUT2D eigenvalue weighted by molar-refractivity contribution is 0.518. The van der Waals surface area contributed by atoms with Crippen LogP contribution in [0.25, 0.3) is 10.2 Å². The molecule has 0 saturated carbocycles. The number of rotatable bonds is 3. The van der Waals surface area contributed by atoms with E-state index in [1.807, 2.05) is 23.6 Å². The maximum absolute atomic E-state index is 5.86. The summed E-state index contributed by atoms with van der Waals surface area (Å²) < 4.78 is 6.24. The number of halogens is 1. The van der Waals surface area contributed by atoms with E-state index in [0.29, 0.717) is 6.54 Å². The van der Waals surface area contributed by atoms with Gasteiger partial charge in [-0.1, -0.05) is 0 Å². The summed E-state index contributed by atoms with van der Waals surface area (Å²) >= 11 is 7.44. The van der Waals surface area contributed by atoms with E-state index in [9.17, 15) is 0 Å². The van der Waals surface area contributed by atoms with Gasteiger partial charge in [-0.3, -0.25) is 0 Å². The molecule has 0 fully saturated rings. The molecule has 3 aromatic heterocycles. The number of thiophene rings is 1. The first kappa shape index (κ1) is 10.6. The summed E-state index contributed by atoms with van der Waals surface area (Å²) in [6.45, 7) is 0.577. The SMILES string of the molecule is Clc1nc(NCc2ccco2)c2sccc2n1. The van der Waals surface area contributed by atoms with Gasteiger partial charge in [-0.25, -0.2) is 4.98 Å². The number of hydrogen-bond acceptors (Lipinski definition) is 5. The monoisotopic (exact) mass is 265 g/mol. The van der Waals surface area contributed by atoms with Crippen molar-refractivity contribution in [3.63, 3.8) is 0 Å². The van der Waals surface area contributed by atoms with Crippen LogP contribution in [0.3, 0.4) is 0 Å². The summed E-state index contributed by atoms with van der Waals surface area (Å²) in [5, 5.41) is 5.41. The second-order valence-corrected chi connectivity index (χ2v) is 4.66. The lowest BCUT2D eigenvalue weighted by atomic mass is 10.4. The van der Waals surface area contributed by atoms with Crippen molar-refractivity contribution in [2.45, 2.75) is 6.54 Å². The Balaban J connectivity index is 1.91. The van der Waals surface area contributed by atoms with Gasteiger partial charge >= 0.3 is 0 Å². The van der Waals surface area contributed by atoms with Gasteiger partial charge in [0.25, 0.3) is 0 Å². The van der Waals surface area contributed by atoms with Crippen LogP contribution in [-0.4, -0.2) is 9.97 Å². The fourth-order valence-electron chi connectivity index (χ4n) is 1.54. The maximum atomic E-state index is 5.86. The van der Waals surface area contributed by atoms with Gasteiger partial charge in [0.05, 0.1) is 23.0 Å². The summed E-state index contributed by atoms with van der Waals surface area (Å²) in [5.74, 6) is 1.59. The van der Waals surface area contributed by atoms with Crippen molar-refractivity contribution in [3.8, 4) is 0 Å². The molecule has 6 heteroatoms. The predicted octanol–water partition coefficient (Wildman–Crippen LogP) is 3.55. The van der Waals surface area contributed by atoms with Crippen LogP contribution >= 0.6 is 22.9 Å². The molecule has 0 unspecified atom stereocenters. The lowest BCUT2D eigenvalue weighted by Gasteiger charge is -2.04. The van der Waals surface area contributed by atoms with Crippen LogP contribution in [0.1, 0.15) is 5.76 Å². The van der Waals surface area contributed by atoms with E-state index in [0.717, 1.165) is 21.8 Å². The van der Waals surface area contributed by atoms with E-state index in [4.69, 9.17) is 16.0 Å². The largest absolute Gasteiger partial charge is 0.467 e. The Kier molecular flexibility index (Phi) is 2.70. The molecule has 0 aliphatic rings. The fraction of sp³-hybridized carbons (Fsp3) is 0.0909. The van der Waals surface area contributed by atoms with Crippen molar-refractivity contribution in [3.05, 3.63) is 40.9 Å². The minimum Gasteiger partial charge on any atom is -0.467 e. The molecule has 3 heterocycles. The zero-order valence-electron chi connectivity index (χ0n) is 8.68. The average Bonchev–Trinajstić information content (AvgIpc) is 2.95. The summed E-state index contributed by atoms with van der Waals surface area (Å²) in [6.07, 6.45) is 1.64. The van der Waals surface area contributed by atoms with Gasteiger partial charge in [0.1, 0.15) is 11.6 Å². The molecule has 3 rings (SSSR count). The van der Waals surface area contributed by atoms with E-state index in [1.165, 1.54) is 0 Å². The van der Waals surface area contributed by atoms with Gasteiger partial charge in [-0.2, -0.15) is 4.98 Å². The summed E-state index contributed by atoms with van der Waals surface area (Å²) in [5.41, 5.74) is 0.858. The van der Waals surface area contributed by atoms with Crippen molar-refractivity contribution in [2.24, 2.45) is 0 Å². The Labute approximate surface area is 106 Å². The van der Waals surface area contributed by atoms with Gasteiger partial charge in [-0.05, 0) is 35.2 Å². The highest BCUT2D eigenvalue weighted by Gasteiger charge is 2.08. The molecule has 3 aromatic rings. The number of aromatic nitrogens is 2. The van der Waals surface area contributed by atoms with Crippen LogP contribution in [-0.2, 0) is 6.54 Å². The third-order valence-electron chi connectivity index (χ3n) is 2.29. The van der Waals surface area contributed by atoms with Crippen LogP contribution in [0.5, 0.6) is 0 Å². The zero-order chi connectivity index (χ0) is 11.7. The number of nitrogens with one attached hydrogen (secondary N) is 1. The molecular formula is C11H8ClN3OS. The Morgan fingerprint density at radius 1 is 1.35 bits per heavy atom. The summed E-state index contributed by atoms with van der Waals surface area (Å²) in [6, 6.07) is 5.68. The Morgan fingerprint density at radius 2 is 2.29 bits per heavy atom. The van der Waals surface area contributed by atoms with Gasteiger partial charge in [0.15, 0.2) is 0 Å². The number of anilines is 1. The molecule has 1 N–H and O–H groups in total. The molecule has 0 aliphatic carbocycles. The van der Waals surface area contributed by atoms with E-state index in [-0.39, 0.29) is 5.28 Å². The highest BCUT2D eigenvalue weighted by Crippen LogP contribution is 2.27. The Morgan fingerprint density at radius 3 is 3.12 bits per heavy atom. The second kappa shape index (κ2) is 4.35. The molecule has 0 aromatic carbocycles. The van der Waals surface area contributed by atoms with Gasteiger partial charge in [0, 0.05) is 0 Å². The fourth-order valence-corrected chi connectivity index (χ4v) is 2.51. The Bertz CT molecular complexity index is 635. The van der Waals surface area contributed by atoms with Crippen molar-refractivity contribution in [1.82, 2.24) is 9.97 Å². The smallest absolute Gasteiger partial charge is 0.224 e. The van der Waals surface area contributed by atoms with E-state index >= 15 is 0 Å². The number of nitrogens with zero attached hydrogens (tertiary/aromatic N) is 2. The van der Waals surface area contributed by atoms with Crippen LogP contribution in [0, 0.1) is 0 Å². The minimum absolute atomic E-state index is 0.248. The number of fused-ring (bicyclic) bond motifs is 1. The van der Waals surface area contributed by atoms with Gasteiger partial charge in [-0.15, -0.1) is 11.3 Å². The van der Waals surface area contributed by atoms with Crippen LogP contribution in [0.4, 0.5) is 5.82 Å². The first-order valence-corrected chi connectivity index (χ1v) is 6.26. The molecule has 0 bridgehead atoms. The maximum Gasteiger partial charge on any atom is 0.224 e. The molecular weight excluding hydrogens is 258 g/mol. The molecule has 0 aliphatic heterocycles. The van der Waals surface area contributed by atoms with Crippen molar-refractivity contribution < 1.29 is 4.42 Å². The molecule has 0 amide bonds. The molecule has 17 heavy (non-hydrogen) atoms.